The number of carbonyl (C=O) groups is 1. The van der Waals surface area contributed by atoms with Crippen LogP contribution in [-0.2, 0) is 6.54 Å². The van der Waals surface area contributed by atoms with Gasteiger partial charge in [-0.25, -0.2) is 0 Å². The summed E-state index contributed by atoms with van der Waals surface area (Å²) in [5.41, 5.74) is 3.38. The van der Waals surface area contributed by atoms with Crippen LogP contribution >= 0.6 is 23.3 Å². The molecule has 0 unspecified atom stereocenters. The van der Waals surface area contributed by atoms with Crippen LogP contribution in [0.3, 0.4) is 0 Å². The van der Waals surface area contributed by atoms with Crippen molar-refractivity contribution in [2.24, 2.45) is 0 Å². The summed E-state index contributed by atoms with van der Waals surface area (Å²) < 4.78 is 13.6. The van der Waals surface area contributed by atoms with E-state index in [1.165, 1.54) is 0 Å². The van der Waals surface area contributed by atoms with E-state index in [1.807, 2.05) is 18.2 Å². The lowest BCUT2D eigenvalue weighted by Crippen LogP contribution is -2.22. The maximum absolute atomic E-state index is 12.3. The molecule has 0 atom stereocenters. The van der Waals surface area contributed by atoms with Crippen molar-refractivity contribution in [2.45, 2.75) is 6.54 Å². The van der Waals surface area contributed by atoms with E-state index in [9.17, 15) is 4.79 Å². The molecule has 0 aliphatic rings. The molecule has 0 aliphatic heterocycles. The molecular weight excluding hydrogens is 360 g/mol. The standard InChI is InChI=1S/C17H11ClN4O2S/c18-13-4-2-1-3-12(13)16-8-11(20-24-16)9-19-17(23)10-5-6-14-15(7-10)22-25-21-14/h1-8H,9H2,(H,19,23). The molecule has 0 saturated carbocycles. The van der Waals surface area contributed by atoms with Gasteiger partial charge in [-0.15, -0.1) is 0 Å². The van der Waals surface area contributed by atoms with Gasteiger partial charge in [0.25, 0.3) is 5.91 Å². The van der Waals surface area contributed by atoms with E-state index in [4.69, 9.17) is 16.1 Å². The number of aromatic nitrogens is 3. The third-order valence-electron chi connectivity index (χ3n) is 3.64. The number of benzene rings is 2. The summed E-state index contributed by atoms with van der Waals surface area (Å²) in [6, 6.07) is 14.3. The Morgan fingerprint density at radius 2 is 1.96 bits per heavy atom. The summed E-state index contributed by atoms with van der Waals surface area (Å²) >= 11 is 7.27. The van der Waals surface area contributed by atoms with Gasteiger partial charge in [-0.3, -0.25) is 4.79 Å². The summed E-state index contributed by atoms with van der Waals surface area (Å²) in [6.07, 6.45) is 0. The van der Waals surface area contributed by atoms with Gasteiger partial charge >= 0.3 is 0 Å². The molecule has 8 heteroatoms. The number of nitrogens with one attached hydrogen (secondary N) is 1. The van der Waals surface area contributed by atoms with Gasteiger partial charge in [-0.1, -0.05) is 28.9 Å². The number of nitrogens with zero attached hydrogens (tertiary/aromatic N) is 3. The molecule has 0 bridgehead atoms. The van der Waals surface area contributed by atoms with Gasteiger partial charge in [0.2, 0.25) is 0 Å². The van der Waals surface area contributed by atoms with Crippen LogP contribution in [0.5, 0.6) is 0 Å². The zero-order valence-electron chi connectivity index (χ0n) is 12.8. The van der Waals surface area contributed by atoms with Gasteiger partial charge < -0.3 is 9.84 Å². The molecule has 124 valence electrons. The minimum absolute atomic E-state index is 0.211. The van der Waals surface area contributed by atoms with Crippen LogP contribution in [0.1, 0.15) is 16.1 Å². The predicted molar refractivity (Wildman–Crippen MR) is 95.5 cm³/mol. The Kier molecular flexibility index (Phi) is 4.17. The highest BCUT2D eigenvalue weighted by atomic mass is 35.5. The Hall–Kier alpha value is -2.77. The molecule has 0 saturated heterocycles. The van der Waals surface area contributed by atoms with Crippen molar-refractivity contribution in [2.75, 3.05) is 0 Å². The van der Waals surface area contributed by atoms with Crippen LogP contribution in [0, 0.1) is 0 Å². The fourth-order valence-corrected chi connectivity index (χ4v) is 3.13. The van der Waals surface area contributed by atoms with Gasteiger partial charge in [-0.05, 0) is 30.3 Å². The van der Waals surface area contributed by atoms with Crippen molar-refractivity contribution in [1.29, 1.82) is 0 Å². The van der Waals surface area contributed by atoms with Crippen molar-refractivity contribution < 1.29 is 9.32 Å². The number of hydrogen-bond donors (Lipinski definition) is 1. The second-order valence-corrected chi connectivity index (χ2v) is 6.25. The average Bonchev–Trinajstić information content (AvgIpc) is 3.28. The molecule has 2 heterocycles. The summed E-state index contributed by atoms with van der Waals surface area (Å²) in [6.45, 7) is 0.250. The van der Waals surface area contributed by atoms with Crippen LogP contribution in [0.2, 0.25) is 5.02 Å². The first-order valence-corrected chi connectivity index (χ1v) is 8.52. The second kappa shape index (κ2) is 6.62. The Morgan fingerprint density at radius 1 is 1.12 bits per heavy atom. The first kappa shape index (κ1) is 15.7. The van der Waals surface area contributed by atoms with E-state index in [0.717, 1.165) is 22.8 Å². The largest absolute Gasteiger partial charge is 0.356 e. The van der Waals surface area contributed by atoms with E-state index >= 15 is 0 Å². The van der Waals surface area contributed by atoms with E-state index in [2.05, 4.69) is 19.2 Å². The van der Waals surface area contributed by atoms with Crippen molar-refractivity contribution in [1.82, 2.24) is 19.2 Å². The SMILES string of the molecule is O=C(NCc1cc(-c2ccccc2Cl)on1)c1ccc2nsnc2c1. The second-order valence-electron chi connectivity index (χ2n) is 5.31. The smallest absolute Gasteiger partial charge is 0.251 e. The number of hydrogen-bond acceptors (Lipinski definition) is 6. The topological polar surface area (TPSA) is 80.9 Å². The Morgan fingerprint density at radius 3 is 2.84 bits per heavy atom. The molecule has 0 fully saturated rings. The van der Waals surface area contributed by atoms with Crippen molar-refractivity contribution in [3.05, 3.63) is 64.8 Å². The summed E-state index contributed by atoms with van der Waals surface area (Å²) in [4.78, 5) is 12.3. The normalized spacial score (nSPS) is 10.9. The molecule has 1 N–H and O–H groups in total. The number of amides is 1. The lowest BCUT2D eigenvalue weighted by molar-refractivity contribution is 0.0950. The minimum Gasteiger partial charge on any atom is -0.356 e. The number of rotatable bonds is 4. The summed E-state index contributed by atoms with van der Waals surface area (Å²) in [5.74, 6) is 0.349. The molecule has 0 aliphatic carbocycles. The fourth-order valence-electron chi connectivity index (χ4n) is 2.38. The quantitative estimate of drug-likeness (QED) is 0.588. The first-order chi connectivity index (χ1) is 12.2. The van der Waals surface area contributed by atoms with Crippen LogP contribution in [-0.4, -0.2) is 19.8 Å². The third-order valence-corrected chi connectivity index (χ3v) is 4.53. The maximum Gasteiger partial charge on any atom is 0.251 e. The highest BCUT2D eigenvalue weighted by molar-refractivity contribution is 7.00. The molecule has 4 rings (SSSR count). The van der Waals surface area contributed by atoms with E-state index < -0.39 is 0 Å². The lowest BCUT2D eigenvalue weighted by Gasteiger charge is -2.02. The van der Waals surface area contributed by atoms with E-state index in [-0.39, 0.29) is 12.5 Å². The van der Waals surface area contributed by atoms with E-state index in [0.29, 0.717) is 27.6 Å². The molecule has 0 radical (unpaired) electrons. The molecule has 2 aromatic heterocycles. The Labute approximate surface area is 151 Å². The minimum atomic E-state index is -0.211. The predicted octanol–water partition coefficient (Wildman–Crippen LogP) is 3.93. The fraction of sp³-hybridized carbons (Fsp3) is 0.0588. The molecule has 0 spiro atoms. The van der Waals surface area contributed by atoms with Crippen LogP contribution in [0.4, 0.5) is 0 Å². The molecule has 1 amide bonds. The van der Waals surface area contributed by atoms with Gasteiger partial charge in [-0.2, -0.15) is 8.75 Å². The first-order valence-electron chi connectivity index (χ1n) is 7.42. The monoisotopic (exact) mass is 370 g/mol. The highest BCUT2D eigenvalue weighted by Crippen LogP contribution is 2.27. The van der Waals surface area contributed by atoms with Crippen LogP contribution in [0.25, 0.3) is 22.4 Å². The number of halogens is 1. The Bertz CT molecular complexity index is 1060. The van der Waals surface area contributed by atoms with Gasteiger partial charge in [0, 0.05) is 17.2 Å². The molecule has 25 heavy (non-hydrogen) atoms. The lowest BCUT2D eigenvalue weighted by atomic mass is 10.1. The zero-order valence-corrected chi connectivity index (χ0v) is 14.3. The zero-order chi connectivity index (χ0) is 17.2. The number of fused-ring (bicyclic) bond motifs is 1. The van der Waals surface area contributed by atoms with Gasteiger partial charge in [0.1, 0.15) is 16.7 Å². The molecule has 2 aromatic carbocycles. The number of carbonyl (C=O) groups excluding carboxylic acids is 1. The summed E-state index contributed by atoms with van der Waals surface area (Å²) in [5, 5.41) is 7.37. The molecule has 4 aromatic rings. The average molecular weight is 371 g/mol. The summed E-state index contributed by atoms with van der Waals surface area (Å²) in [7, 11) is 0. The van der Waals surface area contributed by atoms with Crippen molar-refractivity contribution in [3.8, 4) is 11.3 Å². The van der Waals surface area contributed by atoms with Crippen molar-refractivity contribution >= 4 is 40.3 Å². The molecule has 6 nitrogen and oxygen atoms in total. The maximum atomic E-state index is 12.3. The van der Waals surface area contributed by atoms with Crippen LogP contribution in [0.15, 0.2) is 53.1 Å². The highest BCUT2D eigenvalue weighted by Gasteiger charge is 2.12. The molecular formula is C17H11ClN4O2S. The van der Waals surface area contributed by atoms with Gasteiger partial charge in [0.15, 0.2) is 5.76 Å². The van der Waals surface area contributed by atoms with Crippen molar-refractivity contribution in [3.63, 3.8) is 0 Å². The van der Waals surface area contributed by atoms with E-state index in [1.54, 1.807) is 30.3 Å². The Balaban J connectivity index is 1.46. The van der Waals surface area contributed by atoms with Gasteiger partial charge in [0.05, 0.1) is 23.3 Å². The third kappa shape index (κ3) is 3.24. The van der Waals surface area contributed by atoms with Crippen LogP contribution < -0.4 is 5.32 Å².